The smallest absolute Gasteiger partial charge is 0.207 e. The third-order valence-electron chi connectivity index (χ3n) is 3.35. The first-order valence-electron chi connectivity index (χ1n) is 6.79. The van der Waals surface area contributed by atoms with E-state index in [0.717, 1.165) is 36.9 Å². The van der Waals surface area contributed by atoms with Crippen molar-refractivity contribution in [1.82, 2.24) is 9.55 Å². The predicted octanol–water partition coefficient (Wildman–Crippen LogP) is 3.11. The summed E-state index contributed by atoms with van der Waals surface area (Å²) in [5.41, 5.74) is 2.08. The second kappa shape index (κ2) is 5.45. The van der Waals surface area contributed by atoms with E-state index in [1.54, 1.807) is 0 Å². The molecule has 1 aliphatic heterocycles. The molecule has 1 N–H and O–H groups in total. The minimum Gasteiger partial charge on any atom is -0.376 e. The fourth-order valence-electron chi connectivity index (χ4n) is 2.44. The number of ether oxygens (including phenoxy) is 1. The lowest BCUT2D eigenvalue weighted by atomic mass is 10.2. The quantitative estimate of drug-likeness (QED) is 0.914. The molecular weight excluding hydrogens is 238 g/mol. The SMILES string of the molecule is Cc1cn(CC2CCCO2)c(Nc2ccccc2)n1. The molecule has 1 aromatic carbocycles. The van der Waals surface area contributed by atoms with Crippen molar-refractivity contribution in [3.63, 3.8) is 0 Å². The fraction of sp³-hybridized carbons (Fsp3) is 0.400. The molecule has 0 spiro atoms. The number of hydrogen-bond donors (Lipinski definition) is 1. The number of aryl methyl sites for hydroxylation is 1. The first kappa shape index (κ1) is 12.2. The number of rotatable bonds is 4. The molecule has 19 heavy (non-hydrogen) atoms. The van der Waals surface area contributed by atoms with E-state index in [2.05, 4.69) is 21.1 Å². The highest BCUT2D eigenvalue weighted by atomic mass is 16.5. The van der Waals surface area contributed by atoms with Gasteiger partial charge in [0.2, 0.25) is 5.95 Å². The Morgan fingerprint density at radius 1 is 1.37 bits per heavy atom. The van der Waals surface area contributed by atoms with Crippen molar-refractivity contribution in [3.05, 3.63) is 42.2 Å². The first-order valence-corrected chi connectivity index (χ1v) is 6.79. The highest BCUT2D eigenvalue weighted by Gasteiger charge is 2.17. The van der Waals surface area contributed by atoms with Crippen LogP contribution in [0.5, 0.6) is 0 Å². The zero-order valence-corrected chi connectivity index (χ0v) is 11.2. The molecule has 4 nitrogen and oxygen atoms in total. The van der Waals surface area contributed by atoms with Gasteiger partial charge in [0, 0.05) is 18.5 Å². The zero-order chi connectivity index (χ0) is 13.1. The number of anilines is 2. The van der Waals surface area contributed by atoms with Gasteiger partial charge in [0.25, 0.3) is 0 Å². The predicted molar refractivity (Wildman–Crippen MR) is 75.7 cm³/mol. The number of imidazole rings is 1. The van der Waals surface area contributed by atoms with Crippen LogP contribution in [-0.2, 0) is 11.3 Å². The molecule has 0 aliphatic carbocycles. The van der Waals surface area contributed by atoms with Gasteiger partial charge in [-0.1, -0.05) is 18.2 Å². The van der Waals surface area contributed by atoms with Crippen LogP contribution in [-0.4, -0.2) is 22.3 Å². The Bertz CT molecular complexity index is 530. The van der Waals surface area contributed by atoms with Crippen LogP contribution in [0.25, 0.3) is 0 Å². The van der Waals surface area contributed by atoms with Crippen molar-refractivity contribution in [2.75, 3.05) is 11.9 Å². The van der Waals surface area contributed by atoms with E-state index >= 15 is 0 Å². The molecule has 1 unspecified atom stereocenters. The highest BCUT2D eigenvalue weighted by molar-refractivity contribution is 5.53. The monoisotopic (exact) mass is 257 g/mol. The Balaban J connectivity index is 1.76. The van der Waals surface area contributed by atoms with Crippen LogP contribution in [0.1, 0.15) is 18.5 Å². The number of nitrogens with one attached hydrogen (secondary N) is 1. The average molecular weight is 257 g/mol. The molecule has 1 fully saturated rings. The van der Waals surface area contributed by atoms with Gasteiger partial charge in [0.05, 0.1) is 18.3 Å². The Kier molecular flexibility index (Phi) is 3.51. The second-order valence-corrected chi connectivity index (χ2v) is 4.98. The van der Waals surface area contributed by atoms with Crippen LogP contribution in [0, 0.1) is 6.92 Å². The molecule has 1 aromatic heterocycles. The fourth-order valence-corrected chi connectivity index (χ4v) is 2.44. The van der Waals surface area contributed by atoms with Gasteiger partial charge in [-0.2, -0.15) is 0 Å². The van der Waals surface area contributed by atoms with Crippen molar-refractivity contribution in [3.8, 4) is 0 Å². The van der Waals surface area contributed by atoms with E-state index in [4.69, 9.17) is 4.74 Å². The van der Waals surface area contributed by atoms with E-state index in [1.807, 2.05) is 37.3 Å². The summed E-state index contributed by atoms with van der Waals surface area (Å²) in [5, 5.41) is 3.36. The van der Waals surface area contributed by atoms with Crippen molar-refractivity contribution in [2.24, 2.45) is 0 Å². The van der Waals surface area contributed by atoms with Gasteiger partial charge < -0.3 is 14.6 Å². The van der Waals surface area contributed by atoms with E-state index in [9.17, 15) is 0 Å². The topological polar surface area (TPSA) is 39.1 Å². The Morgan fingerprint density at radius 3 is 2.95 bits per heavy atom. The normalized spacial score (nSPS) is 18.7. The Hall–Kier alpha value is -1.81. The Labute approximate surface area is 113 Å². The molecule has 2 heterocycles. The van der Waals surface area contributed by atoms with Crippen LogP contribution in [0.2, 0.25) is 0 Å². The summed E-state index contributed by atoms with van der Waals surface area (Å²) in [6.07, 6.45) is 4.71. The molecule has 4 heteroatoms. The summed E-state index contributed by atoms with van der Waals surface area (Å²) in [7, 11) is 0. The van der Waals surface area contributed by atoms with Gasteiger partial charge in [0.1, 0.15) is 0 Å². The van der Waals surface area contributed by atoms with Crippen molar-refractivity contribution in [1.29, 1.82) is 0 Å². The van der Waals surface area contributed by atoms with Crippen LogP contribution in [0.4, 0.5) is 11.6 Å². The van der Waals surface area contributed by atoms with Gasteiger partial charge in [-0.3, -0.25) is 0 Å². The summed E-state index contributed by atoms with van der Waals surface area (Å²) in [6, 6.07) is 10.1. The standard InChI is InChI=1S/C15H19N3O/c1-12-10-18(11-14-8-5-9-19-14)15(16-12)17-13-6-3-2-4-7-13/h2-4,6-7,10,14H,5,8-9,11H2,1H3,(H,16,17). The largest absolute Gasteiger partial charge is 0.376 e. The van der Waals surface area contributed by atoms with E-state index in [-0.39, 0.29) is 0 Å². The lowest BCUT2D eigenvalue weighted by Gasteiger charge is -2.13. The van der Waals surface area contributed by atoms with E-state index < -0.39 is 0 Å². The molecule has 1 aliphatic rings. The van der Waals surface area contributed by atoms with Gasteiger partial charge >= 0.3 is 0 Å². The summed E-state index contributed by atoms with van der Waals surface area (Å²) in [6.45, 7) is 3.78. The minimum absolute atomic E-state index is 0.324. The van der Waals surface area contributed by atoms with Crippen LogP contribution < -0.4 is 5.32 Å². The molecule has 1 saturated heterocycles. The van der Waals surface area contributed by atoms with Crippen molar-refractivity contribution < 1.29 is 4.74 Å². The first-order chi connectivity index (χ1) is 9.31. The number of benzene rings is 1. The summed E-state index contributed by atoms with van der Waals surface area (Å²) >= 11 is 0. The third kappa shape index (κ3) is 2.96. The van der Waals surface area contributed by atoms with Crippen LogP contribution in [0.15, 0.2) is 36.5 Å². The Morgan fingerprint density at radius 2 is 2.21 bits per heavy atom. The van der Waals surface area contributed by atoms with Gasteiger partial charge in [-0.15, -0.1) is 0 Å². The second-order valence-electron chi connectivity index (χ2n) is 4.98. The summed E-state index contributed by atoms with van der Waals surface area (Å²) < 4.78 is 7.85. The van der Waals surface area contributed by atoms with Crippen molar-refractivity contribution >= 4 is 11.6 Å². The maximum Gasteiger partial charge on any atom is 0.207 e. The maximum atomic E-state index is 5.69. The number of hydrogen-bond acceptors (Lipinski definition) is 3. The lowest BCUT2D eigenvalue weighted by molar-refractivity contribution is 0.0974. The summed E-state index contributed by atoms with van der Waals surface area (Å²) in [5.74, 6) is 0.888. The molecule has 0 bridgehead atoms. The molecule has 0 saturated carbocycles. The zero-order valence-electron chi connectivity index (χ0n) is 11.2. The third-order valence-corrected chi connectivity index (χ3v) is 3.35. The maximum absolute atomic E-state index is 5.69. The van der Waals surface area contributed by atoms with Crippen LogP contribution >= 0.6 is 0 Å². The molecule has 2 aromatic rings. The highest BCUT2D eigenvalue weighted by Crippen LogP contribution is 2.20. The number of nitrogens with zero attached hydrogens (tertiary/aromatic N) is 2. The number of aromatic nitrogens is 2. The number of para-hydroxylation sites is 1. The molecule has 100 valence electrons. The average Bonchev–Trinajstić information content (AvgIpc) is 3.02. The van der Waals surface area contributed by atoms with Crippen molar-refractivity contribution in [2.45, 2.75) is 32.4 Å². The van der Waals surface area contributed by atoms with E-state index in [1.165, 1.54) is 6.42 Å². The van der Waals surface area contributed by atoms with Gasteiger partial charge in [-0.25, -0.2) is 4.98 Å². The van der Waals surface area contributed by atoms with Gasteiger partial charge in [0.15, 0.2) is 0 Å². The molecule has 0 radical (unpaired) electrons. The molecule has 0 amide bonds. The molecule has 1 atom stereocenters. The molecule has 3 rings (SSSR count). The van der Waals surface area contributed by atoms with Crippen LogP contribution in [0.3, 0.4) is 0 Å². The van der Waals surface area contributed by atoms with Gasteiger partial charge in [-0.05, 0) is 31.9 Å². The van der Waals surface area contributed by atoms with E-state index in [0.29, 0.717) is 6.10 Å². The lowest BCUT2D eigenvalue weighted by Crippen LogP contribution is -2.15. The minimum atomic E-state index is 0.324. The molecular formula is C15H19N3O. The summed E-state index contributed by atoms with van der Waals surface area (Å²) in [4.78, 5) is 4.54.